The van der Waals surface area contributed by atoms with Crippen LogP contribution in [-0.2, 0) is 6.42 Å². The summed E-state index contributed by atoms with van der Waals surface area (Å²) in [6.45, 7) is 3.02. The Kier molecular flexibility index (Phi) is 4.06. The van der Waals surface area contributed by atoms with Gasteiger partial charge in [-0.25, -0.2) is 8.78 Å². The second-order valence-electron chi connectivity index (χ2n) is 6.48. The van der Waals surface area contributed by atoms with Crippen LogP contribution in [-0.4, -0.2) is 12.6 Å². The molecule has 1 nitrogen and oxygen atoms in total. The van der Waals surface area contributed by atoms with Gasteiger partial charge in [-0.15, -0.1) is 0 Å². The second-order valence-corrected chi connectivity index (χ2v) is 6.48. The van der Waals surface area contributed by atoms with Crippen molar-refractivity contribution in [2.24, 2.45) is 17.8 Å². The summed E-state index contributed by atoms with van der Waals surface area (Å²) in [5, 5.41) is 3.55. The molecule has 4 atom stereocenters. The molecule has 3 heteroatoms. The van der Waals surface area contributed by atoms with Crippen LogP contribution in [0.1, 0.15) is 38.2 Å². The van der Waals surface area contributed by atoms with Crippen LogP contribution in [0.15, 0.2) is 18.2 Å². The summed E-state index contributed by atoms with van der Waals surface area (Å²) in [6.07, 6.45) is 6.12. The third-order valence-corrected chi connectivity index (χ3v) is 5.15. The van der Waals surface area contributed by atoms with Crippen molar-refractivity contribution in [3.05, 3.63) is 35.4 Å². The van der Waals surface area contributed by atoms with Crippen molar-refractivity contribution in [2.45, 2.75) is 45.1 Å². The monoisotopic (exact) mass is 279 g/mol. The average molecular weight is 279 g/mol. The minimum Gasteiger partial charge on any atom is -0.314 e. The normalized spacial score (nSPS) is 29.9. The maximum atomic E-state index is 13.3. The highest BCUT2D eigenvalue weighted by Gasteiger charge is 2.42. The Bertz CT molecular complexity index is 454. The molecule has 1 N–H and O–H groups in total. The highest BCUT2D eigenvalue weighted by Crippen LogP contribution is 2.49. The molecule has 0 aromatic heterocycles. The Morgan fingerprint density at radius 1 is 1.15 bits per heavy atom. The second kappa shape index (κ2) is 5.80. The Labute approximate surface area is 119 Å². The fraction of sp³-hybridized carbons (Fsp3) is 0.647. The van der Waals surface area contributed by atoms with Gasteiger partial charge in [0, 0.05) is 12.1 Å². The first-order valence-corrected chi connectivity index (χ1v) is 7.84. The lowest BCUT2D eigenvalue weighted by molar-refractivity contribution is 0.249. The van der Waals surface area contributed by atoms with Gasteiger partial charge in [0.25, 0.3) is 0 Å². The topological polar surface area (TPSA) is 12.0 Å². The number of benzene rings is 1. The lowest BCUT2D eigenvalue weighted by Crippen LogP contribution is -2.40. The molecule has 0 heterocycles. The van der Waals surface area contributed by atoms with Crippen molar-refractivity contribution < 1.29 is 8.78 Å². The number of hydrogen-bond donors (Lipinski definition) is 1. The molecule has 0 amide bonds. The Balaban J connectivity index is 1.73. The SMILES string of the molecule is CCNC(Cc1cc(F)cc(F)c1)C1CC2CCC1C2. The van der Waals surface area contributed by atoms with Gasteiger partial charge in [0.1, 0.15) is 11.6 Å². The zero-order chi connectivity index (χ0) is 14.1. The third kappa shape index (κ3) is 2.88. The molecule has 0 spiro atoms. The van der Waals surface area contributed by atoms with E-state index in [0.717, 1.165) is 36.4 Å². The van der Waals surface area contributed by atoms with Gasteiger partial charge < -0.3 is 5.32 Å². The third-order valence-electron chi connectivity index (χ3n) is 5.15. The first-order valence-electron chi connectivity index (χ1n) is 7.84. The van der Waals surface area contributed by atoms with Crippen molar-refractivity contribution in [1.82, 2.24) is 5.32 Å². The fourth-order valence-corrected chi connectivity index (χ4v) is 4.41. The molecule has 20 heavy (non-hydrogen) atoms. The zero-order valence-corrected chi connectivity index (χ0v) is 12.0. The van der Waals surface area contributed by atoms with E-state index in [9.17, 15) is 8.78 Å². The van der Waals surface area contributed by atoms with Gasteiger partial charge in [-0.05, 0) is 67.7 Å². The highest BCUT2D eigenvalue weighted by molar-refractivity contribution is 5.19. The molecule has 2 aliphatic rings. The summed E-state index contributed by atoms with van der Waals surface area (Å²) in [5.41, 5.74) is 0.774. The smallest absolute Gasteiger partial charge is 0.126 e. The lowest BCUT2D eigenvalue weighted by atomic mass is 9.81. The van der Waals surface area contributed by atoms with Gasteiger partial charge in [0.15, 0.2) is 0 Å². The maximum Gasteiger partial charge on any atom is 0.126 e. The maximum absolute atomic E-state index is 13.3. The van der Waals surface area contributed by atoms with Crippen molar-refractivity contribution in [3.63, 3.8) is 0 Å². The van der Waals surface area contributed by atoms with Crippen LogP contribution in [0.5, 0.6) is 0 Å². The van der Waals surface area contributed by atoms with Crippen LogP contribution in [0.25, 0.3) is 0 Å². The number of halogens is 2. The van der Waals surface area contributed by atoms with E-state index in [4.69, 9.17) is 0 Å². The highest BCUT2D eigenvalue weighted by atomic mass is 19.1. The van der Waals surface area contributed by atoms with Crippen LogP contribution in [0, 0.1) is 29.4 Å². The van der Waals surface area contributed by atoms with Gasteiger partial charge in [-0.3, -0.25) is 0 Å². The van der Waals surface area contributed by atoms with Crippen LogP contribution in [0.3, 0.4) is 0 Å². The first kappa shape index (κ1) is 14.0. The van der Waals surface area contributed by atoms with E-state index in [-0.39, 0.29) is 0 Å². The summed E-state index contributed by atoms with van der Waals surface area (Å²) in [5.74, 6) is 1.46. The minimum atomic E-state index is -0.469. The summed E-state index contributed by atoms with van der Waals surface area (Å²) in [6, 6.07) is 4.25. The molecule has 2 fully saturated rings. The van der Waals surface area contributed by atoms with Crippen molar-refractivity contribution >= 4 is 0 Å². The van der Waals surface area contributed by atoms with E-state index in [1.165, 1.54) is 37.8 Å². The first-order chi connectivity index (χ1) is 9.65. The van der Waals surface area contributed by atoms with E-state index in [0.29, 0.717) is 12.0 Å². The van der Waals surface area contributed by atoms with Crippen LogP contribution < -0.4 is 5.32 Å². The largest absolute Gasteiger partial charge is 0.314 e. The number of rotatable bonds is 5. The fourth-order valence-electron chi connectivity index (χ4n) is 4.41. The molecule has 0 aliphatic heterocycles. The van der Waals surface area contributed by atoms with E-state index in [1.54, 1.807) is 0 Å². The summed E-state index contributed by atoms with van der Waals surface area (Å²) >= 11 is 0. The van der Waals surface area contributed by atoms with Crippen molar-refractivity contribution in [2.75, 3.05) is 6.54 Å². The molecule has 110 valence electrons. The van der Waals surface area contributed by atoms with Crippen LogP contribution >= 0.6 is 0 Å². The molecule has 0 radical (unpaired) electrons. The lowest BCUT2D eigenvalue weighted by Gasteiger charge is -2.31. The average Bonchev–Trinajstić information content (AvgIpc) is 2.99. The van der Waals surface area contributed by atoms with Crippen molar-refractivity contribution in [1.29, 1.82) is 0 Å². The molecule has 1 aromatic carbocycles. The predicted octanol–water partition coefficient (Wildman–Crippen LogP) is 3.92. The molecule has 2 bridgehead atoms. The van der Waals surface area contributed by atoms with E-state index >= 15 is 0 Å². The minimum absolute atomic E-state index is 0.358. The molecule has 0 saturated heterocycles. The molecule has 3 rings (SSSR count). The standard InChI is InChI=1S/C17H23F2N/c1-2-20-17(16-8-11-3-4-13(16)5-11)9-12-6-14(18)10-15(19)7-12/h6-7,10-11,13,16-17,20H,2-5,8-9H2,1H3. The van der Waals surface area contributed by atoms with Gasteiger partial charge in [0.05, 0.1) is 0 Å². The van der Waals surface area contributed by atoms with E-state index in [2.05, 4.69) is 12.2 Å². The molecule has 2 aliphatic carbocycles. The number of nitrogens with one attached hydrogen (secondary N) is 1. The van der Waals surface area contributed by atoms with Crippen LogP contribution in [0.4, 0.5) is 8.78 Å². The van der Waals surface area contributed by atoms with Gasteiger partial charge in [-0.1, -0.05) is 13.3 Å². The Morgan fingerprint density at radius 2 is 1.90 bits per heavy atom. The number of fused-ring (bicyclic) bond motifs is 2. The van der Waals surface area contributed by atoms with E-state index < -0.39 is 11.6 Å². The van der Waals surface area contributed by atoms with Gasteiger partial charge in [-0.2, -0.15) is 0 Å². The van der Waals surface area contributed by atoms with Gasteiger partial charge >= 0.3 is 0 Å². The molecule has 1 aromatic rings. The number of likely N-dealkylation sites (N-methyl/N-ethyl adjacent to an activating group) is 1. The molecular formula is C17H23F2N. The predicted molar refractivity (Wildman–Crippen MR) is 76.5 cm³/mol. The molecular weight excluding hydrogens is 256 g/mol. The quantitative estimate of drug-likeness (QED) is 0.861. The molecule has 2 saturated carbocycles. The zero-order valence-electron chi connectivity index (χ0n) is 12.0. The summed E-state index contributed by atoms with van der Waals surface area (Å²) in [4.78, 5) is 0. The van der Waals surface area contributed by atoms with Crippen LogP contribution in [0.2, 0.25) is 0 Å². The number of hydrogen-bond acceptors (Lipinski definition) is 1. The van der Waals surface area contributed by atoms with Crippen molar-refractivity contribution in [3.8, 4) is 0 Å². The summed E-state index contributed by atoms with van der Waals surface area (Å²) in [7, 11) is 0. The Morgan fingerprint density at radius 3 is 2.45 bits per heavy atom. The Hall–Kier alpha value is -0.960. The van der Waals surface area contributed by atoms with E-state index in [1.807, 2.05) is 0 Å². The molecule has 4 unspecified atom stereocenters. The summed E-state index contributed by atoms with van der Waals surface area (Å²) < 4.78 is 26.7. The van der Waals surface area contributed by atoms with Gasteiger partial charge in [0.2, 0.25) is 0 Å².